The van der Waals surface area contributed by atoms with Gasteiger partial charge >= 0.3 is 0 Å². The number of fused-ring (bicyclic) bond motifs is 1. The van der Waals surface area contributed by atoms with Gasteiger partial charge in [-0.3, -0.25) is 4.79 Å². The molecule has 5 nitrogen and oxygen atoms in total. The van der Waals surface area contributed by atoms with Crippen LogP contribution in [0.15, 0.2) is 35.3 Å². The Bertz CT molecular complexity index is 731. The average Bonchev–Trinajstić information content (AvgIpc) is 2.98. The first kappa shape index (κ1) is 16.5. The molecule has 0 spiro atoms. The van der Waals surface area contributed by atoms with Gasteiger partial charge in [0, 0.05) is 16.9 Å². The van der Waals surface area contributed by atoms with Crippen LogP contribution >= 0.6 is 11.8 Å². The first-order valence-corrected chi connectivity index (χ1v) is 10.5. The molecule has 1 aromatic rings. The van der Waals surface area contributed by atoms with Crippen molar-refractivity contribution in [2.45, 2.75) is 31.6 Å². The highest BCUT2D eigenvalue weighted by molar-refractivity contribution is 8.16. The van der Waals surface area contributed by atoms with Crippen molar-refractivity contribution >= 4 is 38.4 Å². The van der Waals surface area contributed by atoms with Crippen molar-refractivity contribution in [3.63, 3.8) is 0 Å². The molecule has 23 heavy (non-hydrogen) atoms. The Hall–Kier alpha value is -1.34. The van der Waals surface area contributed by atoms with Gasteiger partial charge in [-0.15, -0.1) is 0 Å². The second-order valence-corrected chi connectivity index (χ2v) is 9.41. The number of anilines is 1. The average molecular weight is 352 g/mol. The Kier molecular flexibility index (Phi) is 4.51. The van der Waals surface area contributed by atoms with Gasteiger partial charge in [0.05, 0.1) is 17.5 Å². The molecule has 0 N–H and O–H groups in total. The molecule has 0 saturated carbocycles. The predicted octanol–water partition coefficient (Wildman–Crippen LogP) is 2.33. The lowest BCUT2D eigenvalue weighted by Gasteiger charge is -2.24. The quantitative estimate of drug-likeness (QED) is 0.835. The summed E-state index contributed by atoms with van der Waals surface area (Å²) in [5, 5.41) is 0.579. The molecule has 2 fully saturated rings. The number of benzene rings is 1. The molecule has 124 valence electrons. The van der Waals surface area contributed by atoms with Crippen molar-refractivity contribution in [1.29, 1.82) is 0 Å². The van der Waals surface area contributed by atoms with Gasteiger partial charge in [-0.25, -0.2) is 8.42 Å². The van der Waals surface area contributed by atoms with Gasteiger partial charge in [-0.2, -0.15) is 4.99 Å². The largest absolute Gasteiger partial charge is 0.316 e. The Balaban J connectivity index is 1.97. The number of rotatable bonds is 3. The number of sulfone groups is 1. The summed E-state index contributed by atoms with van der Waals surface area (Å²) in [7, 11) is -3.02. The third-order valence-corrected chi connectivity index (χ3v) is 7.55. The molecular formula is C16H20N2O3S2. The van der Waals surface area contributed by atoms with E-state index in [1.54, 1.807) is 0 Å². The van der Waals surface area contributed by atoms with E-state index in [4.69, 9.17) is 0 Å². The Morgan fingerprint density at radius 2 is 2.04 bits per heavy atom. The molecule has 0 aromatic heterocycles. The molecule has 0 bridgehead atoms. The van der Waals surface area contributed by atoms with Crippen LogP contribution in [0.3, 0.4) is 0 Å². The van der Waals surface area contributed by atoms with Gasteiger partial charge in [0.2, 0.25) is 0 Å². The van der Waals surface area contributed by atoms with Crippen molar-refractivity contribution in [2.24, 2.45) is 10.9 Å². The first-order chi connectivity index (χ1) is 10.9. The monoisotopic (exact) mass is 352 g/mol. The van der Waals surface area contributed by atoms with E-state index in [1.807, 2.05) is 49.1 Å². The van der Waals surface area contributed by atoms with Crippen LogP contribution < -0.4 is 4.90 Å². The molecule has 0 aliphatic carbocycles. The number of nitrogens with zero attached hydrogens (tertiary/aromatic N) is 2. The zero-order chi connectivity index (χ0) is 16.6. The Labute approximate surface area is 141 Å². The highest BCUT2D eigenvalue weighted by atomic mass is 32.2. The van der Waals surface area contributed by atoms with Crippen molar-refractivity contribution in [1.82, 2.24) is 0 Å². The molecule has 2 aliphatic rings. The van der Waals surface area contributed by atoms with Gasteiger partial charge in [-0.05, 0) is 18.6 Å². The molecule has 0 unspecified atom stereocenters. The summed E-state index contributed by atoms with van der Waals surface area (Å²) in [6.07, 6.45) is 0.743. The SMILES string of the molecule is CC[C@H](C)C(=O)N=C1S[C@H]2CS(=O)(=O)C[C@@H]2N1c1ccccc1. The summed E-state index contributed by atoms with van der Waals surface area (Å²) >= 11 is 1.42. The fourth-order valence-corrected chi connectivity index (χ4v) is 6.75. The number of aliphatic imine (C=N–C) groups is 1. The maximum Gasteiger partial charge on any atom is 0.250 e. The second kappa shape index (κ2) is 6.28. The lowest BCUT2D eigenvalue weighted by Crippen LogP contribution is -2.37. The van der Waals surface area contributed by atoms with Crippen LogP contribution in [0.2, 0.25) is 0 Å². The molecule has 2 aliphatic heterocycles. The van der Waals surface area contributed by atoms with Crippen molar-refractivity contribution in [2.75, 3.05) is 16.4 Å². The normalized spacial score (nSPS) is 28.8. The molecule has 7 heteroatoms. The van der Waals surface area contributed by atoms with E-state index in [9.17, 15) is 13.2 Å². The van der Waals surface area contributed by atoms with E-state index in [2.05, 4.69) is 4.99 Å². The minimum absolute atomic E-state index is 0.0521. The number of thioether (sulfide) groups is 1. The highest BCUT2D eigenvalue weighted by Crippen LogP contribution is 2.40. The molecule has 2 saturated heterocycles. The summed E-state index contributed by atoms with van der Waals surface area (Å²) in [6.45, 7) is 3.82. The molecular weight excluding hydrogens is 332 g/mol. The maximum atomic E-state index is 12.2. The van der Waals surface area contributed by atoms with Crippen LogP contribution in [-0.4, -0.2) is 42.3 Å². The molecule has 3 rings (SSSR count). The number of para-hydroxylation sites is 1. The topological polar surface area (TPSA) is 66.8 Å². The minimum Gasteiger partial charge on any atom is -0.316 e. The summed E-state index contributed by atoms with van der Waals surface area (Å²) < 4.78 is 23.9. The van der Waals surface area contributed by atoms with Crippen LogP contribution in [0.4, 0.5) is 5.69 Å². The van der Waals surface area contributed by atoms with Gasteiger partial charge in [0.25, 0.3) is 5.91 Å². The number of carbonyl (C=O) groups excluding carboxylic acids is 1. The van der Waals surface area contributed by atoms with E-state index in [1.165, 1.54) is 11.8 Å². The van der Waals surface area contributed by atoms with Crippen LogP contribution in [0.1, 0.15) is 20.3 Å². The lowest BCUT2D eigenvalue weighted by atomic mass is 10.1. The number of amidine groups is 1. The number of amides is 1. The van der Waals surface area contributed by atoms with Crippen LogP contribution in [-0.2, 0) is 14.6 Å². The van der Waals surface area contributed by atoms with Gasteiger partial charge in [0.15, 0.2) is 15.0 Å². The summed E-state index contributed by atoms with van der Waals surface area (Å²) in [6, 6.07) is 9.44. The molecule has 1 aromatic carbocycles. The zero-order valence-electron chi connectivity index (χ0n) is 13.2. The Morgan fingerprint density at radius 1 is 1.35 bits per heavy atom. The Morgan fingerprint density at radius 3 is 2.70 bits per heavy atom. The fourth-order valence-electron chi connectivity index (χ4n) is 2.83. The van der Waals surface area contributed by atoms with Gasteiger partial charge < -0.3 is 4.90 Å². The standard InChI is InChI=1S/C16H20N2O3S2/c1-3-11(2)15(19)17-16-18(12-7-5-4-6-8-12)13-9-23(20,21)10-14(13)22-16/h4-8,11,13-14H,3,9-10H2,1-2H3/t11-,13-,14-/m0/s1. The number of carbonyl (C=O) groups is 1. The molecule has 0 radical (unpaired) electrons. The fraction of sp³-hybridized carbons (Fsp3) is 0.500. The molecule has 1 amide bonds. The number of hydrogen-bond donors (Lipinski definition) is 0. The summed E-state index contributed by atoms with van der Waals surface area (Å²) in [4.78, 5) is 18.4. The molecule has 3 atom stereocenters. The predicted molar refractivity (Wildman–Crippen MR) is 94.6 cm³/mol. The second-order valence-electron chi connectivity index (χ2n) is 6.05. The van der Waals surface area contributed by atoms with Crippen molar-refractivity contribution < 1.29 is 13.2 Å². The van der Waals surface area contributed by atoms with Crippen LogP contribution in [0, 0.1) is 5.92 Å². The lowest BCUT2D eigenvalue weighted by molar-refractivity contribution is -0.121. The first-order valence-electron chi connectivity index (χ1n) is 7.75. The minimum atomic E-state index is -3.02. The third-order valence-electron chi connectivity index (χ3n) is 4.34. The van der Waals surface area contributed by atoms with E-state index in [0.29, 0.717) is 5.17 Å². The van der Waals surface area contributed by atoms with E-state index < -0.39 is 9.84 Å². The van der Waals surface area contributed by atoms with Crippen LogP contribution in [0.25, 0.3) is 0 Å². The van der Waals surface area contributed by atoms with Gasteiger partial charge in [-0.1, -0.05) is 43.8 Å². The van der Waals surface area contributed by atoms with E-state index in [-0.39, 0.29) is 34.6 Å². The highest BCUT2D eigenvalue weighted by Gasteiger charge is 2.49. The van der Waals surface area contributed by atoms with Crippen molar-refractivity contribution in [3.8, 4) is 0 Å². The summed E-state index contributed by atoms with van der Waals surface area (Å²) in [5.41, 5.74) is 0.889. The summed E-state index contributed by atoms with van der Waals surface area (Å²) in [5.74, 6) is 0.0156. The molecule has 2 heterocycles. The van der Waals surface area contributed by atoms with Crippen molar-refractivity contribution in [3.05, 3.63) is 30.3 Å². The smallest absolute Gasteiger partial charge is 0.250 e. The van der Waals surface area contributed by atoms with E-state index in [0.717, 1.165) is 12.1 Å². The van der Waals surface area contributed by atoms with Gasteiger partial charge in [0.1, 0.15) is 0 Å². The zero-order valence-corrected chi connectivity index (χ0v) is 14.8. The van der Waals surface area contributed by atoms with E-state index >= 15 is 0 Å². The third kappa shape index (κ3) is 3.30. The van der Waals surface area contributed by atoms with Crippen LogP contribution in [0.5, 0.6) is 0 Å². The number of hydrogen-bond acceptors (Lipinski definition) is 4. The maximum absolute atomic E-state index is 12.2.